The fraction of sp³-hybridized carbons (Fsp3) is 0.204. The molecule has 20 nitrogen and oxygen atoms in total. The van der Waals surface area contributed by atoms with Gasteiger partial charge in [0.05, 0.1) is 107 Å². The van der Waals surface area contributed by atoms with Gasteiger partial charge in [-0.05, 0) is 60.7 Å². The van der Waals surface area contributed by atoms with Crippen LogP contribution in [0.5, 0.6) is 46.0 Å². The Kier molecular flexibility index (Phi) is 11.2. The van der Waals surface area contributed by atoms with Gasteiger partial charge in [0.15, 0.2) is 23.3 Å². The molecule has 6 heterocycles. The maximum atomic E-state index is 16.3. The smallest absolute Gasteiger partial charge is 0.496 e. The second kappa shape index (κ2) is 17.5. The number of aromatic nitrogens is 2. The molecule has 0 saturated heterocycles. The summed E-state index contributed by atoms with van der Waals surface area (Å²) in [6.07, 6.45) is -0.906. The predicted octanol–water partition coefficient (Wildman–Crippen LogP) is 6.08. The van der Waals surface area contributed by atoms with E-state index in [4.69, 9.17) is 71.4 Å². The van der Waals surface area contributed by atoms with E-state index < -0.39 is 40.8 Å². The summed E-state index contributed by atoms with van der Waals surface area (Å²) in [4.78, 5) is 44.7. The summed E-state index contributed by atoms with van der Waals surface area (Å²) in [5.41, 5.74) is 2.17. The third kappa shape index (κ3) is 6.83. The number of amidine groups is 4. The molecule has 4 aliphatic rings. The number of benzene rings is 5. The molecule has 0 radical (unpaired) electrons. The van der Waals surface area contributed by atoms with Gasteiger partial charge >= 0.3 is 20.9 Å². The van der Waals surface area contributed by atoms with E-state index in [9.17, 15) is 9.90 Å². The molecular formula is C49H42AlN8O12P. The van der Waals surface area contributed by atoms with Crippen molar-refractivity contribution in [2.75, 3.05) is 63.0 Å². The molecular weight excluding hydrogens is 951 g/mol. The Bertz CT molecular complexity index is 3580. The van der Waals surface area contributed by atoms with Crippen molar-refractivity contribution in [1.29, 1.82) is 0 Å². The molecule has 5 aromatic carbocycles. The van der Waals surface area contributed by atoms with E-state index in [1.54, 1.807) is 114 Å². The van der Waals surface area contributed by atoms with Gasteiger partial charge in [0.25, 0.3) is 0 Å². The number of methoxy groups -OCH3 is 8. The minimum atomic E-state index is -4.28. The van der Waals surface area contributed by atoms with E-state index in [0.29, 0.717) is 89.8 Å². The molecule has 0 fully saturated rings. The Labute approximate surface area is 409 Å². The van der Waals surface area contributed by atoms with Crippen LogP contribution < -0.4 is 54.2 Å². The summed E-state index contributed by atoms with van der Waals surface area (Å²) in [6.45, 7) is 0. The van der Waals surface area contributed by atoms with Gasteiger partial charge in [0, 0.05) is 11.5 Å². The number of carboxylic acid groups (broad SMARTS) is 1. The van der Waals surface area contributed by atoms with Gasteiger partial charge in [0.2, 0.25) is 7.37 Å². The second-order valence-corrected chi connectivity index (χ2v) is 21.0. The van der Waals surface area contributed by atoms with Crippen molar-refractivity contribution in [3.8, 4) is 46.0 Å². The molecule has 0 spiro atoms. The van der Waals surface area contributed by atoms with Crippen molar-refractivity contribution in [2.24, 2.45) is 30.0 Å². The quantitative estimate of drug-likeness (QED) is 0.0967. The lowest BCUT2D eigenvalue weighted by atomic mass is 10.1. The van der Waals surface area contributed by atoms with Crippen molar-refractivity contribution >= 4 is 90.1 Å². The number of aliphatic carboxylic acids is 1. The summed E-state index contributed by atoms with van der Waals surface area (Å²) >= 11 is -4.08. The normalized spacial score (nSPS) is 14.6. The highest BCUT2D eigenvalue weighted by Crippen LogP contribution is 2.53. The average Bonchev–Trinajstić information content (AvgIpc) is 4.13. The molecule has 1 unspecified atom stereocenters. The Morgan fingerprint density at radius 2 is 0.831 bits per heavy atom. The maximum absolute atomic E-state index is 16.3. The van der Waals surface area contributed by atoms with Gasteiger partial charge in [-0.15, -0.1) is 0 Å². The molecule has 2 aromatic heterocycles. The highest BCUT2D eigenvalue weighted by molar-refractivity contribution is 7.68. The lowest BCUT2D eigenvalue weighted by Crippen LogP contribution is -2.48. The summed E-state index contributed by atoms with van der Waals surface area (Å²) in [6, 6.07) is 22.5. The minimum Gasteiger partial charge on any atom is -0.496 e. The zero-order valence-corrected chi connectivity index (χ0v) is 41.5. The van der Waals surface area contributed by atoms with Gasteiger partial charge in [-0.2, -0.15) is 0 Å². The van der Waals surface area contributed by atoms with Crippen molar-refractivity contribution in [3.63, 3.8) is 0 Å². The number of rotatable bonds is 14. The molecule has 22 heteroatoms. The van der Waals surface area contributed by atoms with Crippen LogP contribution in [0.3, 0.4) is 0 Å². The fourth-order valence-corrected chi connectivity index (χ4v) is 15.7. The number of fused-ring (bicyclic) bond motifs is 14. The summed E-state index contributed by atoms with van der Waals surface area (Å²) in [7, 11) is 7.99. The van der Waals surface area contributed by atoms with Crippen LogP contribution in [0.15, 0.2) is 109 Å². The number of hydrogen-bond donors (Lipinski definition) is 1. The first-order valence-electron chi connectivity index (χ1n) is 22.0. The van der Waals surface area contributed by atoms with Crippen LogP contribution in [0.4, 0.5) is 11.6 Å². The first-order valence-corrected chi connectivity index (χ1v) is 25.3. The number of nitrogens with zero attached hydrogens (tertiary/aromatic N) is 8. The average molecular weight is 993 g/mol. The van der Waals surface area contributed by atoms with E-state index in [1.807, 2.05) is 0 Å². The van der Waals surface area contributed by atoms with E-state index in [1.165, 1.54) is 28.4 Å². The van der Waals surface area contributed by atoms with Crippen LogP contribution in [0.25, 0.3) is 21.5 Å². The van der Waals surface area contributed by atoms with Crippen LogP contribution in [0, 0.1) is 0 Å². The molecule has 71 heavy (non-hydrogen) atoms. The van der Waals surface area contributed by atoms with Crippen LogP contribution in [-0.4, -0.2) is 119 Å². The monoisotopic (exact) mass is 992 g/mol. The number of carboxylic acids is 1. The van der Waals surface area contributed by atoms with Gasteiger partial charge in [-0.3, -0.25) is 9.36 Å². The molecule has 1 atom stereocenters. The van der Waals surface area contributed by atoms with E-state index in [2.05, 4.69) is 0 Å². The molecule has 358 valence electrons. The van der Waals surface area contributed by atoms with Gasteiger partial charge in [-0.25, -0.2) is 30.0 Å². The molecule has 0 saturated carbocycles. The highest BCUT2D eigenvalue weighted by Gasteiger charge is 2.49. The lowest BCUT2D eigenvalue weighted by Gasteiger charge is -2.25. The number of carbonyl (C=O) groups is 1. The Morgan fingerprint density at radius 1 is 0.479 bits per heavy atom. The summed E-state index contributed by atoms with van der Waals surface area (Å²) in [5, 5.41) is 12.1. The Morgan fingerprint density at radius 3 is 1.20 bits per heavy atom. The van der Waals surface area contributed by atoms with Crippen LogP contribution >= 0.6 is 7.37 Å². The third-order valence-corrected chi connectivity index (χ3v) is 18.6. The van der Waals surface area contributed by atoms with Gasteiger partial charge in [0.1, 0.15) is 68.6 Å². The standard InChI is InChI=1S/C40H32N8O8.C9H11O4P.Al/c1-49-17-9-10-18(50-2)26-25(17)33-41-34(26)46-36-29-21(53-5)13-14-22(54-6)30(29)38(43-36)48-40-32-24(56-8)16-15-23(55-7)31(32)39(44-40)47-37-28-20(52-4)12-11-19(51-3)27(28)35(42-37)45-33;10-9(11)6-7-14(12,13)8-4-2-1-3-5-8;/h9-16H,1-8H3;1-5H,6-7H2,(H,10,11)(H,12,13);/q-2;;+3/p-1. The highest BCUT2D eigenvalue weighted by atomic mass is 31.2. The van der Waals surface area contributed by atoms with Crippen molar-refractivity contribution in [1.82, 2.24) is 7.10 Å². The first-order chi connectivity index (χ1) is 34.5. The minimum absolute atomic E-state index is 0.160. The van der Waals surface area contributed by atoms with Crippen LogP contribution in [-0.2, 0) is 12.9 Å². The molecule has 1 N–H and O–H groups in total. The molecule has 6 bridgehead atoms. The van der Waals surface area contributed by atoms with E-state index >= 15 is 4.57 Å². The molecule has 11 rings (SSSR count). The summed E-state index contributed by atoms with van der Waals surface area (Å²) in [5.74, 6) is 2.85. The number of aliphatic imine (C=N–C) groups is 4. The molecule has 0 amide bonds. The zero-order valence-electron chi connectivity index (χ0n) is 39.5. The lowest BCUT2D eigenvalue weighted by molar-refractivity contribution is -0.136. The number of ether oxygens (including phenoxy) is 8. The number of hydrogen-bond acceptors (Lipinski definition) is 17. The Hall–Kier alpha value is -7.95. The van der Waals surface area contributed by atoms with E-state index in [-0.39, 0.29) is 51.3 Å². The second-order valence-electron chi connectivity index (χ2n) is 16.2. The van der Waals surface area contributed by atoms with Gasteiger partial charge in [-0.1, -0.05) is 18.2 Å². The fourth-order valence-electron chi connectivity index (χ4n) is 9.59. The topological polar surface area (TPSA) is 221 Å². The molecule has 4 aliphatic heterocycles. The van der Waals surface area contributed by atoms with Crippen molar-refractivity contribution in [3.05, 3.63) is 112 Å². The van der Waals surface area contributed by atoms with Gasteiger partial charge < -0.3 is 53.7 Å². The van der Waals surface area contributed by atoms with E-state index in [0.717, 1.165) is 0 Å². The van der Waals surface area contributed by atoms with Crippen LogP contribution in [0.1, 0.15) is 28.7 Å². The van der Waals surface area contributed by atoms with Crippen molar-refractivity contribution < 1.29 is 55.9 Å². The molecule has 7 aromatic rings. The Balaban J connectivity index is 1.47. The zero-order chi connectivity index (χ0) is 49.5. The van der Waals surface area contributed by atoms with Crippen molar-refractivity contribution in [2.45, 2.75) is 6.42 Å². The maximum Gasteiger partial charge on any atom is 0.815 e. The largest absolute Gasteiger partial charge is 0.815 e. The SMILES string of the molecule is COc1ccc(OC)c2c1C1=NC2=Nc2c3c(OC)ccc(OC)c3c3[n]2[Al]([O]P(=O)(CCC(=O)O)c2ccccc2)[n]2c(c4c(OC)ccc(OC)c4c2=NC2=NC(=N3)c3c(OC)ccc(OC)c32)=N1. The first kappa shape index (κ1) is 45.5. The molecule has 0 aliphatic carbocycles. The predicted molar refractivity (Wildman–Crippen MR) is 265 cm³/mol. The summed E-state index contributed by atoms with van der Waals surface area (Å²) < 4.78 is 76.1. The van der Waals surface area contributed by atoms with Crippen LogP contribution in [0.2, 0.25) is 0 Å². The third-order valence-electron chi connectivity index (χ3n) is 12.7.